The lowest BCUT2D eigenvalue weighted by atomic mass is 9.70. The summed E-state index contributed by atoms with van der Waals surface area (Å²) in [4.78, 5) is 4.05. The zero-order valence-electron chi connectivity index (χ0n) is 11.2. The summed E-state index contributed by atoms with van der Waals surface area (Å²) in [6.07, 6.45) is 6.64. The normalized spacial score (nSPS) is 25.9. The maximum Gasteiger partial charge on any atom is 0.0902 e. The Morgan fingerprint density at radius 1 is 1.21 bits per heavy atom. The Balaban J connectivity index is 1.89. The molecule has 1 N–H and O–H groups in total. The lowest BCUT2D eigenvalue weighted by Gasteiger charge is -2.39. The van der Waals surface area contributed by atoms with Crippen LogP contribution in [0.3, 0.4) is 0 Å². The molecule has 98 valence electrons. The smallest absolute Gasteiger partial charge is 0.0902 e. The molecule has 2 atom stereocenters. The number of nitrogens with zero attached hydrogens (tertiary/aromatic N) is 1. The first-order valence-electron chi connectivity index (χ1n) is 6.87. The van der Waals surface area contributed by atoms with Crippen LogP contribution in [0.4, 0.5) is 0 Å². The number of aromatic nitrogens is 1. The van der Waals surface area contributed by atoms with Gasteiger partial charge in [0.15, 0.2) is 0 Å². The molecule has 0 aliphatic heterocycles. The van der Waals surface area contributed by atoms with Crippen molar-refractivity contribution in [1.82, 2.24) is 4.98 Å². The van der Waals surface area contributed by atoms with Gasteiger partial charge < -0.3 is 5.11 Å². The predicted octanol–water partition coefficient (Wildman–Crippen LogP) is 3.09. The lowest BCUT2D eigenvalue weighted by molar-refractivity contribution is -0.0174. The zero-order valence-corrected chi connectivity index (χ0v) is 11.2. The fourth-order valence-corrected chi connectivity index (χ4v) is 3.17. The molecule has 0 fully saturated rings. The Labute approximate surface area is 114 Å². The van der Waals surface area contributed by atoms with E-state index in [1.54, 1.807) is 0 Å². The number of hydrogen-bond donors (Lipinski definition) is 1. The van der Waals surface area contributed by atoms with E-state index in [0.717, 1.165) is 24.8 Å². The van der Waals surface area contributed by atoms with Crippen molar-refractivity contribution in [2.75, 3.05) is 0 Å². The van der Waals surface area contributed by atoms with E-state index in [1.165, 1.54) is 11.1 Å². The molecule has 2 aromatic rings. The van der Waals surface area contributed by atoms with E-state index < -0.39 is 5.60 Å². The second-order valence-corrected chi connectivity index (χ2v) is 5.60. The van der Waals surface area contributed by atoms with Gasteiger partial charge in [0.2, 0.25) is 0 Å². The minimum atomic E-state index is -0.738. The number of aryl methyl sites for hydroxylation is 1. The summed E-state index contributed by atoms with van der Waals surface area (Å²) in [6, 6.07) is 12.3. The third-order valence-corrected chi connectivity index (χ3v) is 4.35. The van der Waals surface area contributed by atoms with Gasteiger partial charge >= 0.3 is 0 Å². The highest BCUT2D eigenvalue weighted by atomic mass is 16.3. The van der Waals surface area contributed by atoms with Crippen molar-refractivity contribution in [2.24, 2.45) is 5.92 Å². The van der Waals surface area contributed by atoms with Gasteiger partial charge in [-0.25, -0.2) is 0 Å². The van der Waals surface area contributed by atoms with E-state index in [4.69, 9.17) is 0 Å². The van der Waals surface area contributed by atoms with Crippen molar-refractivity contribution in [1.29, 1.82) is 0 Å². The molecule has 1 heterocycles. The van der Waals surface area contributed by atoms with Crippen molar-refractivity contribution in [3.05, 3.63) is 65.5 Å². The van der Waals surface area contributed by atoms with Crippen LogP contribution in [0.5, 0.6) is 0 Å². The maximum atomic E-state index is 10.9. The SMILES string of the molecule is CC1(O)c2ccccc2CCC1Cc1ccncc1. The molecule has 2 nitrogen and oxygen atoms in total. The van der Waals surface area contributed by atoms with E-state index in [2.05, 4.69) is 23.2 Å². The predicted molar refractivity (Wildman–Crippen MR) is 75.8 cm³/mol. The number of benzene rings is 1. The Kier molecular flexibility index (Phi) is 3.11. The summed E-state index contributed by atoms with van der Waals surface area (Å²) >= 11 is 0. The van der Waals surface area contributed by atoms with E-state index in [9.17, 15) is 5.11 Å². The first-order chi connectivity index (χ1) is 9.18. The van der Waals surface area contributed by atoms with Crippen molar-refractivity contribution in [3.8, 4) is 0 Å². The van der Waals surface area contributed by atoms with Crippen molar-refractivity contribution < 1.29 is 5.11 Å². The van der Waals surface area contributed by atoms with Gasteiger partial charge in [-0.1, -0.05) is 24.3 Å². The minimum absolute atomic E-state index is 0.268. The number of pyridine rings is 1. The molecule has 19 heavy (non-hydrogen) atoms. The molecule has 1 aromatic heterocycles. The van der Waals surface area contributed by atoms with Crippen LogP contribution in [-0.4, -0.2) is 10.1 Å². The standard InChI is InChI=1S/C17H19NO/c1-17(19)15(12-13-8-10-18-11-9-13)7-6-14-4-2-3-5-16(14)17/h2-5,8-11,15,19H,6-7,12H2,1H3. The number of rotatable bonds is 2. The lowest BCUT2D eigenvalue weighted by Crippen LogP contribution is -2.37. The average molecular weight is 253 g/mol. The van der Waals surface area contributed by atoms with Gasteiger partial charge in [-0.05, 0) is 60.9 Å². The summed E-state index contributed by atoms with van der Waals surface area (Å²) in [6.45, 7) is 1.96. The number of hydrogen-bond acceptors (Lipinski definition) is 2. The molecule has 2 unspecified atom stereocenters. The highest BCUT2D eigenvalue weighted by Crippen LogP contribution is 2.40. The Hall–Kier alpha value is -1.67. The third kappa shape index (κ3) is 2.28. The van der Waals surface area contributed by atoms with E-state index >= 15 is 0 Å². The quantitative estimate of drug-likeness (QED) is 0.892. The fourth-order valence-electron chi connectivity index (χ4n) is 3.17. The molecule has 1 aliphatic rings. The average Bonchev–Trinajstić information content (AvgIpc) is 2.44. The first kappa shape index (κ1) is 12.4. The van der Waals surface area contributed by atoms with E-state index in [-0.39, 0.29) is 5.92 Å². The summed E-state index contributed by atoms with van der Waals surface area (Å²) in [5.41, 5.74) is 2.90. The molecule has 0 bridgehead atoms. The molecular formula is C17H19NO. The summed E-state index contributed by atoms with van der Waals surface area (Å²) in [7, 11) is 0. The molecule has 0 amide bonds. The highest BCUT2D eigenvalue weighted by Gasteiger charge is 2.38. The van der Waals surface area contributed by atoms with Gasteiger partial charge in [0, 0.05) is 12.4 Å². The monoisotopic (exact) mass is 253 g/mol. The van der Waals surface area contributed by atoms with Crippen LogP contribution in [-0.2, 0) is 18.4 Å². The van der Waals surface area contributed by atoms with Gasteiger partial charge in [0.25, 0.3) is 0 Å². The maximum absolute atomic E-state index is 10.9. The molecular weight excluding hydrogens is 234 g/mol. The topological polar surface area (TPSA) is 33.1 Å². The Morgan fingerprint density at radius 2 is 1.95 bits per heavy atom. The van der Waals surface area contributed by atoms with E-state index in [0.29, 0.717) is 0 Å². The molecule has 0 radical (unpaired) electrons. The van der Waals surface area contributed by atoms with Gasteiger partial charge in [-0.3, -0.25) is 4.98 Å². The molecule has 0 saturated heterocycles. The molecule has 1 aromatic carbocycles. The second kappa shape index (κ2) is 4.78. The van der Waals surface area contributed by atoms with Crippen LogP contribution < -0.4 is 0 Å². The summed E-state index contributed by atoms with van der Waals surface area (Å²) in [5.74, 6) is 0.268. The minimum Gasteiger partial charge on any atom is -0.385 e. The van der Waals surface area contributed by atoms with Gasteiger partial charge in [0.05, 0.1) is 5.60 Å². The van der Waals surface area contributed by atoms with Crippen LogP contribution in [0.15, 0.2) is 48.8 Å². The summed E-state index contributed by atoms with van der Waals surface area (Å²) in [5, 5.41) is 10.9. The Morgan fingerprint density at radius 3 is 2.74 bits per heavy atom. The van der Waals surface area contributed by atoms with Crippen LogP contribution in [0.25, 0.3) is 0 Å². The van der Waals surface area contributed by atoms with E-state index in [1.807, 2.05) is 37.5 Å². The van der Waals surface area contributed by atoms with Crippen LogP contribution in [0, 0.1) is 5.92 Å². The van der Waals surface area contributed by atoms with Crippen molar-refractivity contribution in [2.45, 2.75) is 31.8 Å². The van der Waals surface area contributed by atoms with Crippen molar-refractivity contribution >= 4 is 0 Å². The number of aliphatic hydroxyl groups is 1. The molecule has 0 saturated carbocycles. The van der Waals surface area contributed by atoms with Gasteiger partial charge in [-0.15, -0.1) is 0 Å². The zero-order chi connectivity index (χ0) is 13.3. The molecule has 1 aliphatic carbocycles. The third-order valence-electron chi connectivity index (χ3n) is 4.35. The van der Waals surface area contributed by atoms with Crippen molar-refractivity contribution in [3.63, 3.8) is 0 Å². The first-order valence-corrected chi connectivity index (χ1v) is 6.87. The highest BCUT2D eigenvalue weighted by molar-refractivity contribution is 5.35. The Bertz CT molecular complexity index is 562. The largest absolute Gasteiger partial charge is 0.385 e. The number of fused-ring (bicyclic) bond motifs is 1. The van der Waals surface area contributed by atoms with Gasteiger partial charge in [0.1, 0.15) is 0 Å². The van der Waals surface area contributed by atoms with Crippen LogP contribution >= 0.6 is 0 Å². The second-order valence-electron chi connectivity index (χ2n) is 5.60. The molecule has 3 rings (SSSR count). The van der Waals surface area contributed by atoms with Gasteiger partial charge in [-0.2, -0.15) is 0 Å². The molecule has 0 spiro atoms. The van der Waals surface area contributed by atoms with Crippen LogP contribution in [0.2, 0.25) is 0 Å². The fraction of sp³-hybridized carbons (Fsp3) is 0.353. The summed E-state index contributed by atoms with van der Waals surface area (Å²) < 4.78 is 0. The van der Waals surface area contributed by atoms with Crippen LogP contribution in [0.1, 0.15) is 30.0 Å². The molecule has 2 heteroatoms.